The van der Waals surface area contributed by atoms with Crippen LogP contribution in [-0.4, -0.2) is 20.8 Å². The highest BCUT2D eigenvalue weighted by Crippen LogP contribution is 2.17. The number of hydrogen-bond donors (Lipinski definition) is 2. The van der Waals surface area contributed by atoms with E-state index in [1.165, 1.54) is 5.56 Å². The lowest BCUT2D eigenvalue weighted by molar-refractivity contribution is -0.123. The second kappa shape index (κ2) is 8.45. The second-order valence-corrected chi connectivity index (χ2v) is 6.38. The van der Waals surface area contributed by atoms with Crippen molar-refractivity contribution in [1.29, 1.82) is 0 Å². The summed E-state index contributed by atoms with van der Waals surface area (Å²) in [4.78, 5) is 12.2. The van der Waals surface area contributed by atoms with Gasteiger partial charge in [0.2, 0.25) is 5.91 Å². The molecule has 0 spiro atoms. The lowest BCUT2D eigenvalue weighted by Gasteiger charge is -2.15. The highest BCUT2D eigenvalue weighted by atomic mass is 16.3. The monoisotopic (exact) mass is 349 g/mol. The van der Waals surface area contributed by atoms with E-state index < -0.39 is 6.10 Å². The summed E-state index contributed by atoms with van der Waals surface area (Å²) in [6.45, 7) is 2.60. The molecule has 0 bridgehead atoms. The van der Waals surface area contributed by atoms with Gasteiger partial charge >= 0.3 is 0 Å². The molecule has 2 atom stereocenters. The number of nitrogens with one attached hydrogen (secondary N) is 1. The van der Waals surface area contributed by atoms with E-state index in [2.05, 4.69) is 22.5 Å². The molecule has 2 N–H and O–H groups in total. The molecule has 134 valence electrons. The number of aromatic nitrogens is 2. The molecule has 0 aliphatic carbocycles. The Morgan fingerprint density at radius 3 is 2.42 bits per heavy atom. The minimum atomic E-state index is -0.802. The van der Waals surface area contributed by atoms with E-state index in [9.17, 15) is 9.90 Å². The molecule has 1 heterocycles. The summed E-state index contributed by atoms with van der Waals surface area (Å²) in [6, 6.07) is 19.1. The maximum absolute atomic E-state index is 12.2. The third-order valence-electron chi connectivity index (χ3n) is 4.28. The van der Waals surface area contributed by atoms with Crippen LogP contribution in [0.25, 0.3) is 0 Å². The summed E-state index contributed by atoms with van der Waals surface area (Å²) >= 11 is 0. The van der Waals surface area contributed by atoms with Crippen molar-refractivity contribution in [3.05, 3.63) is 89.7 Å². The Morgan fingerprint density at radius 1 is 1.08 bits per heavy atom. The maximum atomic E-state index is 12.2. The van der Waals surface area contributed by atoms with Gasteiger partial charge in [-0.2, -0.15) is 5.10 Å². The number of rotatable bonds is 7. The number of carbonyl (C=O) groups excluding carboxylic acids is 1. The molecule has 5 heteroatoms. The molecular weight excluding hydrogens is 326 g/mol. The second-order valence-electron chi connectivity index (χ2n) is 6.38. The Kier molecular flexibility index (Phi) is 5.81. The van der Waals surface area contributed by atoms with Crippen LogP contribution in [0.3, 0.4) is 0 Å². The largest absolute Gasteiger partial charge is 0.388 e. The van der Waals surface area contributed by atoms with Crippen LogP contribution in [0.15, 0.2) is 73.1 Å². The molecule has 0 aliphatic heterocycles. The van der Waals surface area contributed by atoms with Gasteiger partial charge in [-0.25, -0.2) is 0 Å². The Morgan fingerprint density at radius 2 is 1.73 bits per heavy atom. The van der Waals surface area contributed by atoms with Crippen molar-refractivity contribution in [3.8, 4) is 0 Å². The van der Waals surface area contributed by atoms with Gasteiger partial charge in [0.25, 0.3) is 0 Å². The summed E-state index contributed by atoms with van der Waals surface area (Å²) in [5, 5.41) is 17.5. The smallest absolute Gasteiger partial charge is 0.223 e. The van der Waals surface area contributed by atoms with E-state index in [0.717, 1.165) is 11.1 Å². The van der Waals surface area contributed by atoms with Crippen molar-refractivity contribution < 1.29 is 9.90 Å². The van der Waals surface area contributed by atoms with Crippen molar-refractivity contribution in [2.75, 3.05) is 0 Å². The summed E-state index contributed by atoms with van der Waals surface area (Å²) in [6.07, 6.45) is 2.93. The zero-order valence-corrected chi connectivity index (χ0v) is 14.7. The van der Waals surface area contributed by atoms with Crippen molar-refractivity contribution in [2.45, 2.75) is 32.0 Å². The first-order chi connectivity index (χ1) is 12.6. The van der Waals surface area contributed by atoms with E-state index in [0.29, 0.717) is 6.54 Å². The molecule has 0 radical (unpaired) electrons. The van der Waals surface area contributed by atoms with Crippen LogP contribution in [0.2, 0.25) is 0 Å². The highest BCUT2D eigenvalue weighted by Gasteiger charge is 2.16. The van der Waals surface area contributed by atoms with Crippen LogP contribution in [0.1, 0.15) is 42.2 Å². The van der Waals surface area contributed by atoms with Crippen molar-refractivity contribution in [1.82, 2.24) is 15.1 Å². The van der Waals surface area contributed by atoms with Crippen molar-refractivity contribution >= 4 is 5.91 Å². The molecule has 1 amide bonds. The molecule has 26 heavy (non-hydrogen) atoms. The average molecular weight is 349 g/mol. The molecule has 5 nitrogen and oxygen atoms in total. The van der Waals surface area contributed by atoms with E-state index in [-0.39, 0.29) is 18.4 Å². The Hall–Kier alpha value is -2.92. The summed E-state index contributed by atoms with van der Waals surface area (Å²) < 4.78 is 1.85. The molecule has 3 rings (SSSR count). The van der Waals surface area contributed by atoms with E-state index in [1.807, 2.05) is 66.3 Å². The fourth-order valence-electron chi connectivity index (χ4n) is 2.81. The standard InChI is InChI=1S/C21H23N3O2/c1-16(23-21(26)12-20(25)18-10-6-3-7-11-18)19-13-22-24(15-19)14-17-8-4-2-5-9-17/h2-11,13,15-16,20,25H,12,14H2,1H3,(H,23,26). The third kappa shape index (κ3) is 4.80. The number of aliphatic hydroxyl groups excluding tert-OH is 1. The van der Waals surface area contributed by atoms with Gasteiger partial charge in [0.05, 0.1) is 31.3 Å². The van der Waals surface area contributed by atoms with Gasteiger partial charge in [-0.15, -0.1) is 0 Å². The summed E-state index contributed by atoms with van der Waals surface area (Å²) in [7, 11) is 0. The first kappa shape index (κ1) is 17.9. The summed E-state index contributed by atoms with van der Waals surface area (Å²) in [5.74, 6) is -0.190. The number of aliphatic hydroxyl groups is 1. The predicted octanol–water partition coefficient (Wildman–Crippen LogP) is 3.23. The highest BCUT2D eigenvalue weighted by molar-refractivity contribution is 5.77. The molecule has 0 aliphatic rings. The van der Waals surface area contributed by atoms with Gasteiger partial charge < -0.3 is 10.4 Å². The topological polar surface area (TPSA) is 67.2 Å². The lowest BCUT2D eigenvalue weighted by Crippen LogP contribution is -2.27. The van der Waals surface area contributed by atoms with Crippen LogP contribution in [0.4, 0.5) is 0 Å². The Labute approximate surface area is 153 Å². The van der Waals surface area contributed by atoms with Crippen molar-refractivity contribution in [3.63, 3.8) is 0 Å². The molecule has 2 unspecified atom stereocenters. The Balaban J connectivity index is 1.54. The molecular formula is C21H23N3O2. The van der Waals surface area contributed by atoms with Gasteiger partial charge in [-0.1, -0.05) is 60.7 Å². The number of benzene rings is 2. The molecule has 0 saturated carbocycles. The zero-order valence-electron chi connectivity index (χ0n) is 14.7. The first-order valence-electron chi connectivity index (χ1n) is 8.70. The number of hydrogen-bond acceptors (Lipinski definition) is 3. The minimum Gasteiger partial charge on any atom is -0.388 e. The molecule has 1 aromatic heterocycles. The molecule has 0 fully saturated rings. The van der Waals surface area contributed by atoms with Gasteiger partial charge in [0.15, 0.2) is 0 Å². The van der Waals surface area contributed by atoms with Crippen LogP contribution in [0.5, 0.6) is 0 Å². The fourth-order valence-corrected chi connectivity index (χ4v) is 2.81. The van der Waals surface area contributed by atoms with Crippen LogP contribution < -0.4 is 5.32 Å². The van der Waals surface area contributed by atoms with E-state index in [4.69, 9.17) is 0 Å². The Bertz CT molecular complexity index is 831. The zero-order chi connectivity index (χ0) is 18.4. The van der Waals surface area contributed by atoms with Crippen LogP contribution >= 0.6 is 0 Å². The minimum absolute atomic E-state index is 0.0342. The lowest BCUT2D eigenvalue weighted by atomic mass is 10.1. The van der Waals surface area contributed by atoms with Crippen LogP contribution in [0, 0.1) is 0 Å². The fraction of sp³-hybridized carbons (Fsp3) is 0.238. The third-order valence-corrected chi connectivity index (χ3v) is 4.28. The van der Waals surface area contributed by atoms with E-state index in [1.54, 1.807) is 6.20 Å². The van der Waals surface area contributed by atoms with E-state index >= 15 is 0 Å². The van der Waals surface area contributed by atoms with Gasteiger partial charge in [0, 0.05) is 11.8 Å². The number of amides is 1. The number of carbonyl (C=O) groups is 1. The number of nitrogens with zero attached hydrogens (tertiary/aromatic N) is 2. The quantitative estimate of drug-likeness (QED) is 0.688. The van der Waals surface area contributed by atoms with Crippen LogP contribution in [-0.2, 0) is 11.3 Å². The maximum Gasteiger partial charge on any atom is 0.223 e. The average Bonchev–Trinajstić information content (AvgIpc) is 3.12. The van der Waals surface area contributed by atoms with Crippen molar-refractivity contribution in [2.24, 2.45) is 0 Å². The van der Waals surface area contributed by atoms with Gasteiger partial charge in [-0.3, -0.25) is 9.48 Å². The van der Waals surface area contributed by atoms with Gasteiger partial charge in [0.1, 0.15) is 0 Å². The molecule has 2 aromatic carbocycles. The normalized spacial score (nSPS) is 13.2. The molecule has 3 aromatic rings. The SMILES string of the molecule is CC(NC(=O)CC(O)c1ccccc1)c1cnn(Cc2ccccc2)c1. The first-order valence-corrected chi connectivity index (χ1v) is 8.70. The predicted molar refractivity (Wildman–Crippen MR) is 100 cm³/mol. The van der Waals surface area contributed by atoms with Gasteiger partial charge in [-0.05, 0) is 18.1 Å². The summed E-state index contributed by atoms with van der Waals surface area (Å²) in [5.41, 5.74) is 2.85. The molecule has 0 saturated heterocycles.